The van der Waals surface area contributed by atoms with Crippen LogP contribution >= 0.6 is 0 Å². The van der Waals surface area contributed by atoms with Gasteiger partial charge in [-0.2, -0.15) is 0 Å². The summed E-state index contributed by atoms with van der Waals surface area (Å²) in [5, 5.41) is 0. The molecule has 1 amide bonds. The summed E-state index contributed by atoms with van der Waals surface area (Å²) in [6.07, 6.45) is 2.74. The molecule has 2 N–H and O–H groups in total. The molecule has 2 nitrogen and oxygen atoms in total. The molecular formula is C7H17NOSi. The minimum absolute atomic E-state index is 0.162. The molecule has 0 aliphatic carbocycles. The van der Waals surface area contributed by atoms with Gasteiger partial charge in [0, 0.05) is 15.2 Å². The SMILES string of the molecule is C[SiH](C)CCCCC(N)=O. The van der Waals surface area contributed by atoms with Crippen molar-refractivity contribution in [1.29, 1.82) is 0 Å². The van der Waals surface area contributed by atoms with Crippen LogP contribution in [-0.4, -0.2) is 14.7 Å². The Balaban J connectivity index is 2.98. The van der Waals surface area contributed by atoms with Gasteiger partial charge in [-0.3, -0.25) is 4.79 Å². The van der Waals surface area contributed by atoms with E-state index in [4.69, 9.17) is 5.73 Å². The molecule has 0 atom stereocenters. The van der Waals surface area contributed by atoms with E-state index in [1.54, 1.807) is 0 Å². The Morgan fingerprint density at radius 2 is 2.00 bits per heavy atom. The Labute approximate surface area is 64.4 Å². The van der Waals surface area contributed by atoms with Crippen LogP contribution in [0.1, 0.15) is 19.3 Å². The third-order valence-electron chi connectivity index (χ3n) is 1.45. The van der Waals surface area contributed by atoms with E-state index in [2.05, 4.69) is 13.1 Å². The third kappa shape index (κ3) is 7.69. The second-order valence-corrected chi connectivity index (χ2v) is 6.47. The lowest BCUT2D eigenvalue weighted by Crippen LogP contribution is -2.10. The van der Waals surface area contributed by atoms with E-state index >= 15 is 0 Å². The first-order valence-corrected chi connectivity index (χ1v) is 7.04. The highest BCUT2D eigenvalue weighted by Gasteiger charge is 1.97. The average Bonchev–Trinajstić information content (AvgIpc) is 1.79. The van der Waals surface area contributed by atoms with Gasteiger partial charge < -0.3 is 5.73 Å². The number of hydrogen-bond donors (Lipinski definition) is 1. The fourth-order valence-corrected chi connectivity index (χ4v) is 1.96. The summed E-state index contributed by atoms with van der Waals surface area (Å²) < 4.78 is 0. The van der Waals surface area contributed by atoms with E-state index in [-0.39, 0.29) is 14.7 Å². The number of primary amides is 1. The monoisotopic (exact) mass is 159 g/mol. The molecule has 0 aromatic rings. The molecule has 0 saturated heterocycles. The van der Waals surface area contributed by atoms with Gasteiger partial charge in [-0.25, -0.2) is 0 Å². The van der Waals surface area contributed by atoms with Gasteiger partial charge in [0.1, 0.15) is 0 Å². The van der Waals surface area contributed by atoms with Gasteiger partial charge in [-0.15, -0.1) is 0 Å². The molecule has 0 aromatic carbocycles. The van der Waals surface area contributed by atoms with Crippen LogP contribution in [-0.2, 0) is 4.79 Å². The van der Waals surface area contributed by atoms with E-state index in [0.717, 1.165) is 6.42 Å². The van der Waals surface area contributed by atoms with Crippen LogP contribution in [0, 0.1) is 0 Å². The van der Waals surface area contributed by atoms with Crippen LogP contribution < -0.4 is 5.73 Å². The Morgan fingerprint density at radius 1 is 1.40 bits per heavy atom. The highest BCUT2D eigenvalue weighted by molar-refractivity contribution is 6.55. The fraction of sp³-hybridized carbons (Fsp3) is 0.857. The van der Waals surface area contributed by atoms with Gasteiger partial charge in [0.2, 0.25) is 5.91 Å². The molecule has 60 valence electrons. The molecule has 0 aromatic heterocycles. The highest BCUT2D eigenvalue weighted by atomic mass is 28.3. The third-order valence-corrected chi connectivity index (χ3v) is 3.02. The number of nitrogens with two attached hydrogens (primary N) is 1. The summed E-state index contributed by atoms with van der Waals surface area (Å²) in [6, 6.07) is 1.34. The first-order valence-electron chi connectivity index (χ1n) is 3.91. The molecule has 0 aliphatic rings. The van der Waals surface area contributed by atoms with Crippen LogP contribution in [0.15, 0.2) is 0 Å². The maximum atomic E-state index is 10.3. The molecule has 0 saturated carbocycles. The van der Waals surface area contributed by atoms with Crippen LogP contribution in [0.3, 0.4) is 0 Å². The summed E-state index contributed by atoms with van der Waals surface area (Å²) in [7, 11) is -0.386. The van der Waals surface area contributed by atoms with Crippen LogP contribution in [0.4, 0.5) is 0 Å². The van der Waals surface area contributed by atoms with Gasteiger partial charge in [0.05, 0.1) is 0 Å². The second-order valence-electron chi connectivity index (χ2n) is 3.11. The lowest BCUT2D eigenvalue weighted by molar-refractivity contribution is -0.118. The number of carbonyl (C=O) groups excluding carboxylic acids is 1. The Bertz CT molecular complexity index is 104. The van der Waals surface area contributed by atoms with E-state index in [9.17, 15) is 4.79 Å². The predicted molar refractivity (Wildman–Crippen MR) is 46.7 cm³/mol. The Kier molecular flexibility index (Phi) is 5.30. The Hall–Kier alpha value is -0.313. The first-order chi connectivity index (χ1) is 4.63. The Morgan fingerprint density at radius 3 is 2.40 bits per heavy atom. The van der Waals surface area contributed by atoms with Gasteiger partial charge in [0.15, 0.2) is 0 Å². The molecule has 0 fully saturated rings. The van der Waals surface area contributed by atoms with Gasteiger partial charge in [-0.05, 0) is 6.42 Å². The maximum Gasteiger partial charge on any atom is 0.217 e. The van der Waals surface area contributed by atoms with Gasteiger partial charge in [0.25, 0.3) is 0 Å². The number of hydrogen-bond acceptors (Lipinski definition) is 1. The summed E-state index contributed by atoms with van der Waals surface area (Å²) in [5.41, 5.74) is 4.98. The number of rotatable bonds is 5. The summed E-state index contributed by atoms with van der Waals surface area (Å²) >= 11 is 0. The van der Waals surface area contributed by atoms with Gasteiger partial charge >= 0.3 is 0 Å². The summed E-state index contributed by atoms with van der Waals surface area (Å²) in [4.78, 5) is 10.3. The van der Waals surface area contributed by atoms with Crippen molar-refractivity contribution >= 4 is 14.7 Å². The predicted octanol–water partition coefficient (Wildman–Crippen LogP) is 1.13. The van der Waals surface area contributed by atoms with E-state index in [0.29, 0.717) is 6.42 Å². The largest absolute Gasteiger partial charge is 0.370 e. The lowest BCUT2D eigenvalue weighted by Gasteiger charge is -2.00. The molecule has 0 aliphatic heterocycles. The normalized spacial score (nSPS) is 10.3. The smallest absolute Gasteiger partial charge is 0.217 e. The maximum absolute atomic E-state index is 10.3. The van der Waals surface area contributed by atoms with Crippen molar-refractivity contribution in [2.24, 2.45) is 5.73 Å². The van der Waals surface area contributed by atoms with Crippen molar-refractivity contribution in [1.82, 2.24) is 0 Å². The molecule has 0 heterocycles. The topological polar surface area (TPSA) is 43.1 Å². The zero-order chi connectivity index (χ0) is 7.98. The molecule has 0 rings (SSSR count). The van der Waals surface area contributed by atoms with E-state index in [1.165, 1.54) is 12.5 Å². The minimum Gasteiger partial charge on any atom is -0.370 e. The molecule has 10 heavy (non-hydrogen) atoms. The van der Waals surface area contributed by atoms with Crippen LogP contribution in [0.25, 0.3) is 0 Å². The molecule has 0 bridgehead atoms. The number of carbonyl (C=O) groups is 1. The molecular weight excluding hydrogens is 142 g/mol. The van der Waals surface area contributed by atoms with Crippen molar-refractivity contribution < 1.29 is 4.79 Å². The van der Waals surface area contributed by atoms with Crippen molar-refractivity contribution in [2.75, 3.05) is 0 Å². The summed E-state index contributed by atoms with van der Waals surface area (Å²) in [5.74, 6) is -0.162. The number of amides is 1. The van der Waals surface area contributed by atoms with Crippen LogP contribution in [0.2, 0.25) is 19.1 Å². The standard InChI is InChI=1S/C7H17NOSi/c1-10(2)6-4-3-5-7(8)9/h10H,3-6H2,1-2H3,(H2,8,9). The number of unbranched alkanes of at least 4 members (excludes halogenated alkanes) is 1. The van der Waals surface area contributed by atoms with Gasteiger partial charge in [-0.1, -0.05) is 25.6 Å². The molecule has 0 spiro atoms. The van der Waals surface area contributed by atoms with E-state index in [1.807, 2.05) is 0 Å². The van der Waals surface area contributed by atoms with Crippen molar-refractivity contribution in [3.63, 3.8) is 0 Å². The van der Waals surface area contributed by atoms with E-state index < -0.39 is 0 Å². The van der Waals surface area contributed by atoms with Crippen LogP contribution in [0.5, 0.6) is 0 Å². The van der Waals surface area contributed by atoms with Crippen molar-refractivity contribution in [3.05, 3.63) is 0 Å². The zero-order valence-corrected chi connectivity index (χ0v) is 8.05. The molecule has 0 unspecified atom stereocenters. The minimum atomic E-state index is -0.386. The highest BCUT2D eigenvalue weighted by Crippen LogP contribution is 2.02. The second kappa shape index (κ2) is 5.47. The molecule has 3 heteroatoms. The van der Waals surface area contributed by atoms with Crippen molar-refractivity contribution in [2.45, 2.75) is 38.4 Å². The molecule has 0 radical (unpaired) electrons. The first kappa shape index (κ1) is 9.69. The zero-order valence-electron chi connectivity index (χ0n) is 6.89. The van der Waals surface area contributed by atoms with Crippen molar-refractivity contribution in [3.8, 4) is 0 Å². The average molecular weight is 159 g/mol. The lowest BCUT2D eigenvalue weighted by atomic mass is 10.2. The quantitative estimate of drug-likeness (QED) is 0.474. The summed E-state index contributed by atoms with van der Waals surface area (Å²) in [6.45, 7) is 4.65. The fourth-order valence-electron chi connectivity index (χ4n) is 0.852.